The molecule has 0 amide bonds. The Bertz CT molecular complexity index is 661. The summed E-state index contributed by atoms with van der Waals surface area (Å²) in [4.78, 5) is 15.5. The molecule has 0 saturated carbocycles. The topological polar surface area (TPSA) is 42.0 Å². The number of pyridine rings is 1. The number of carbonyl (C=O) groups is 1. The van der Waals surface area contributed by atoms with Crippen LogP contribution in [-0.2, 0) is 0 Å². The first kappa shape index (κ1) is 14.8. The molecule has 0 aliphatic rings. The fourth-order valence-corrected chi connectivity index (χ4v) is 1.77. The van der Waals surface area contributed by atoms with Gasteiger partial charge in [0.15, 0.2) is 5.78 Å². The standard InChI is InChI=1S/C18H18N2O/c1-3-12-19-18-11-10-17(20-13-18)9-6-15-4-7-16(8-5-15)14(2)21/h4-5,7-8,10-11,13,19H,3,12H2,1-2H3. The molecule has 0 radical (unpaired) electrons. The number of carbonyl (C=O) groups excluding carboxylic acids is 1. The molecule has 3 nitrogen and oxygen atoms in total. The van der Waals surface area contributed by atoms with E-state index in [0.717, 1.165) is 29.9 Å². The van der Waals surface area contributed by atoms with Crippen molar-refractivity contribution in [1.82, 2.24) is 4.98 Å². The quantitative estimate of drug-likeness (QED) is 0.687. The minimum absolute atomic E-state index is 0.0614. The van der Waals surface area contributed by atoms with E-state index in [1.54, 1.807) is 25.3 Å². The van der Waals surface area contributed by atoms with Gasteiger partial charge in [-0.25, -0.2) is 4.98 Å². The zero-order chi connectivity index (χ0) is 15.1. The number of Topliss-reactive ketones (excluding diaryl/α,β-unsaturated/α-hetero) is 1. The fraction of sp³-hybridized carbons (Fsp3) is 0.222. The van der Waals surface area contributed by atoms with Gasteiger partial charge in [-0.05, 0) is 43.5 Å². The second-order valence-corrected chi connectivity index (χ2v) is 4.74. The average molecular weight is 278 g/mol. The lowest BCUT2D eigenvalue weighted by Crippen LogP contribution is -1.99. The number of nitrogens with one attached hydrogen (secondary N) is 1. The predicted molar refractivity (Wildman–Crippen MR) is 85.4 cm³/mol. The lowest BCUT2D eigenvalue weighted by atomic mass is 10.1. The van der Waals surface area contributed by atoms with E-state index in [0.29, 0.717) is 5.56 Å². The van der Waals surface area contributed by atoms with Crippen LogP contribution in [0, 0.1) is 11.8 Å². The molecular weight excluding hydrogens is 260 g/mol. The highest BCUT2D eigenvalue weighted by Gasteiger charge is 1.97. The van der Waals surface area contributed by atoms with Crippen LogP contribution in [0.25, 0.3) is 0 Å². The molecule has 2 rings (SSSR count). The van der Waals surface area contributed by atoms with Gasteiger partial charge in [-0.3, -0.25) is 4.79 Å². The third kappa shape index (κ3) is 4.47. The van der Waals surface area contributed by atoms with Gasteiger partial charge in [-0.2, -0.15) is 0 Å². The third-order valence-electron chi connectivity index (χ3n) is 2.97. The fourth-order valence-electron chi connectivity index (χ4n) is 1.77. The largest absolute Gasteiger partial charge is 0.384 e. The molecule has 3 heteroatoms. The Morgan fingerprint density at radius 3 is 2.48 bits per heavy atom. The van der Waals surface area contributed by atoms with Gasteiger partial charge in [-0.15, -0.1) is 0 Å². The Morgan fingerprint density at radius 1 is 1.14 bits per heavy atom. The smallest absolute Gasteiger partial charge is 0.159 e. The molecule has 2 aromatic rings. The van der Waals surface area contributed by atoms with Crippen molar-refractivity contribution in [1.29, 1.82) is 0 Å². The van der Waals surface area contributed by atoms with Crippen LogP contribution in [0.3, 0.4) is 0 Å². The van der Waals surface area contributed by atoms with Crippen molar-refractivity contribution in [2.75, 3.05) is 11.9 Å². The molecule has 0 unspecified atom stereocenters. The molecule has 0 atom stereocenters. The zero-order valence-corrected chi connectivity index (χ0v) is 12.3. The second-order valence-electron chi connectivity index (χ2n) is 4.74. The Kier molecular flexibility index (Phi) is 5.11. The summed E-state index contributed by atoms with van der Waals surface area (Å²) < 4.78 is 0. The summed E-state index contributed by atoms with van der Waals surface area (Å²) in [6.45, 7) is 4.62. The third-order valence-corrected chi connectivity index (χ3v) is 2.97. The van der Waals surface area contributed by atoms with E-state index in [1.807, 2.05) is 24.3 Å². The van der Waals surface area contributed by atoms with Gasteiger partial charge in [0, 0.05) is 17.7 Å². The number of benzene rings is 1. The number of hydrogen-bond donors (Lipinski definition) is 1. The number of hydrogen-bond acceptors (Lipinski definition) is 3. The predicted octanol–water partition coefficient (Wildman–Crippen LogP) is 3.51. The average Bonchev–Trinajstić information content (AvgIpc) is 2.52. The van der Waals surface area contributed by atoms with Gasteiger partial charge >= 0.3 is 0 Å². The van der Waals surface area contributed by atoms with Crippen LogP contribution in [-0.4, -0.2) is 17.3 Å². The lowest BCUT2D eigenvalue weighted by molar-refractivity contribution is 0.101. The van der Waals surface area contributed by atoms with Gasteiger partial charge in [-0.1, -0.05) is 25.0 Å². The molecule has 106 valence electrons. The molecule has 0 fully saturated rings. The highest BCUT2D eigenvalue weighted by Crippen LogP contribution is 2.07. The molecule has 1 aromatic carbocycles. The first-order chi connectivity index (χ1) is 10.2. The van der Waals surface area contributed by atoms with E-state index in [4.69, 9.17) is 0 Å². The van der Waals surface area contributed by atoms with Gasteiger partial charge in [0.05, 0.1) is 11.9 Å². The summed E-state index contributed by atoms with van der Waals surface area (Å²) >= 11 is 0. The van der Waals surface area contributed by atoms with Gasteiger partial charge in [0.1, 0.15) is 5.69 Å². The Balaban J connectivity index is 2.06. The molecule has 1 N–H and O–H groups in total. The Labute approximate surface area is 125 Å². The Morgan fingerprint density at radius 2 is 1.90 bits per heavy atom. The SMILES string of the molecule is CCCNc1ccc(C#Cc2ccc(C(C)=O)cc2)nc1. The summed E-state index contributed by atoms with van der Waals surface area (Å²) in [6, 6.07) is 11.2. The zero-order valence-electron chi connectivity index (χ0n) is 12.3. The maximum atomic E-state index is 11.2. The highest BCUT2D eigenvalue weighted by molar-refractivity contribution is 5.94. The van der Waals surface area contributed by atoms with Crippen molar-refractivity contribution in [3.63, 3.8) is 0 Å². The van der Waals surface area contributed by atoms with E-state index in [-0.39, 0.29) is 5.78 Å². The van der Waals surface area contributed by atoms with E-state index >= 15 is 0 Å². The maximum absolute atomic E-state index is 11.2. The summed E-state index contributed by atoms with van der Waals surface area (Å²) in [5.74, 6) is 6.13. The van der Waals surface area contributed by atoms with Crippen LogP contribution in [0.1, 0.15) is 41.9 Å². The summed E-state index contributed by atoms with van der Waals surface area (Å²) in [5, 5.41) is 3.27. The monoisotopic (exact) mass is 278 g/mol. The van der Waals surface area contributed by atoms with Crippen LogP contribution < -0.4 is 5.32 Å². The highest BCUT2D eigenvalue weighted by atomic mass is 16.1. The van der Waals surface area contributed by atoms with Crippen LogP contribution in [0.4, 0.5) is 5.69 Å². The molecular formula is C18H18N2O. The molecule has 1 heterocycles. The molecule has 21 heavy (non-hydrogen) atoms. The summed E-state index contributed by atoms with van der Waals surface area (Å²) in [7, 11) is 0. The number of aromatic nitrogens is 1. The molecule has 0 bridgehead atoms. The van der Waals surface area contributed by atoms with Crippen molar-refractivity contribution in [3.8, 4) is 11.8 Å². The van der Waals surface area contributed by atoms with E-state index < -0.39 is 0 Å². The molecule has 0 spiro atoms. The van der Waals surface area contributed by atoms with Crippen LogP contribution in [0.5, 0.6) is 0 Å². The molecule has 1 aromatic heterocycles. The van der Waals surface area contributed by atoms with E-state index in [1.165, 1.54) is 0 Å². The van der Waals surface area contributed by atoms with E-state index in [9.17, 15) is 4.79 Å². The van der Waals surface area contributed by atoms with Crippen LogP contribution in [0.15, 0.2) is 42.6 Å². The van der Waals surface area contributed by atoms with Crippen LogP contribution in [0.2, 0.25) is 0 Å². The molecule has 0 aliphatic heterocycles. The molecule has 0 saturated heterocycles. The summed E-state index contributed by atoms with van der Waals surface area (Å²) in [6.07, 6.45) is 2.87. The first-order valence-corrected chi connectivity index (χ1v) is 7.02. The Hall–Kier alpha value is -2.60. The number of rotatable bonds is 4. The minimum atomic E-state index is 0.0614. The van der Waals surface area contributed by atoms with Crippen molar-refractivity contribution in [2.45, 2.75) is 20.3 Å². The number of ketones is 1. The maximum Gasteiger partial charge on any atom is 0.159 e. The van der Waals surface area contributed by atoms with Crippen LogP contribution >= 0.6 is 0 Å². The van der Waals surface area contributed by atoms with Crippen molar-refractivity contribution < 1.29 is 4.79 Å². The number of anilines is 1. The van der Waals surface area contributed by atoms with Crippen molar-refractivity contribution >= 4 is 11.5 Å². The summed E-state index contributed by atoms with van der Waals surface area (Å²) in [5.41, 5.74) is 3.31. The lowest BCUT2D eigenvalue weighted by Gasteiger charge is -2.02. The first-order valence-electron chi connectivity index (χ1n) is 7.02. The second kappa shape index (κ2) is 7.25. The van der Waals surface area contributed by atoms with Gasteiger partial charge in [0.25, 0.3) is 0 Å². The van der Waals surface area contributed by atoms with Crippen molar-refractivity contribution in [2.24, 2.45) is 0 Å². The minimum Gasteiger partial charge on any atom is -0.384 e. The van der Waals surface area contributed by atoms with Gasteiger partial charge < -0.3 is 5.32 Å². The van der Waals surface area contributed by atoms with Crippen molar-refractivity contribution in [3.05, 3.63) is 59.4 Å². The van der Waals surface area contributed by atoms with E-state index in [2.05, 4.69) is 29.1 Å². The number of nitrogens with zero attached hydrogens (tertiary/aromatic N) is 1. The normalized spacial score (nSPS) is 9.62. The molecule has 0 aliphatic carbocycles. The van der Waals surface area contributed by atoms with Gasteiger partial charge in [0.2, 0.25) is 0 Å².